The van der Waals surface area contributed by atoms with E-state index in [0.29, 0.717) is 22.7 Å². The third-order valence-electron chi connectivity index (χ3n) is 4.69. The van der Waals surface area contributed by atoms with Crippen LogP contribution in [0.2, 0.25) is 0 Å². The van der Waals surface area contributed by atoms with E-state index in [2.05, 4.69) is 9.97 Å². The molecule has 0 saturated carbocycles. The SMILES string of the molecule is COc1ccc(N2CC(c3cc(OCc4ccc(F)cc4)ncn3)=C(O)C2=O)cc1. The molecule has 0 fully saturated rings. The number of halogens is 1. The molecule has 1 amide bonds. The van der Waals surface area contributed by atoms with Crippen molar-refractivity contribution >= 4 is 17.2 Å². The van der Waals surface area contributed by atoms with Crippen molar-refractivity contribution < 1.29 is 23.8 Å². The fraction of sp³-hybridized carbons (Fsp3) is 0.136. The topological polar surface area (TPSA) is 84.8 Å². The van der Waals surface area contributed by atoms with Gasteiger partial charge in [-0.1, -0.05) is 12.1 Å². The Labute approximate surface area is 172 Å². The molecule has 0 saturated heterocycles. The monoisotopic (exact) mass is 407 g/mol. The minimum atomic E-state index is -0.512. The first-order chi connectivity index (χ1) is 14.5. The molecular formula is C22H18FN3O4. The van der Waals surface area contributed by atoms with E-state index in [9.17, 15) is 14.3 Å². The molecule has 1 aromatic heterocycles. The number of hydrogen-bond acceptors (Lipinski definition) is 6. The second kappa shape index (κ2) is 8.20. The van der Waals surface area contributed by atoms with Crippen LogP contribution in [0.3, 0.4) is 0 Å². The highest BCUT2D eigenvalue weighted by Gasteiger charge is 2.33. The molecule has 8 heteroatoms. The van der Waals surface area contributed by atoms with Crippen molar-refractivity contribution in [3.05, 3.63) is 83.8 Å². The van der Waals surface area contributed by atoms with Gasteiger partial charge in [-0.25, -0.2) is 14.4 Å². The van der Waals surface area contributed by atoms with E-state index in [4.69, 9.17) is 9.47 Å². The van der Waals surface area contributed by atoms with Crippen LogP contribution in [0.25, 0.3) is 5.57 Å². The Bertz CT molecular complexity index is 1100. The van der Waals surface area contributed by atoms with Crippen molar-refractivity contribution in [2.75, 3.05) is 18.6 Å². The summed E-state index contributed by atoms with van der Waals surface area (Å²) in [6, 6.07) is 14.5. The number of carbonyl (C=O) groups excluding carboxylic acids is 1. The average molecular weight is 407 g/mol. The fourth-order valence-corrected chi connectivity index (χ4v) is 3.06. The number of ether oxygens (including phenoxy) is 2. The number of nitrogens with zero attached hydrogens (tertiary/aromatic N) is 3. The van der Waals surface area contributed by atoms with Crippen molar-refractivity contribution in [3.63, 3.8) is 0 Å². The minimum absolute atomic E-state index is 0.158. The van der Waals surface area contributed by atoms with Gasteiger partial charge in [0.05, 0.1) is 19.3 Å². The first-order valence-corrected chi connectivity index (χ1v) is 9.13. The fourth-order valence-electron chi connectivity index (χ4n) is 3.06. The molecule has 1 aliphatic rings. The van der Waals surface area contributed by atoms with Crippen LogP contribution in [0.1, 0.15) is 11.3 Å². The Balaban J connectivity index is 1.51. The molecule has 30 heavy (non-hydrogen) atoms. The van der Waals surface area contributed by atoms with E-state index in [-0.39, 0.29) is 30.6 Å². The predicted octanol–water partition coefficient (Wildman–Crippen LogP) is 3.52. The maximum Gasteiger partial charge on any atom is 0.293 e. The Kier molecular flexibility index (Phi) is 5.30. The number of benzene rings is 2. The third kappa shape index (κ3) is 3.93. The first-order valence-electron chi connectivity index (χ1n) is 9.13. The highest BCUT2D eigenvalue weighted by atomic mass is 19.1. The maximum absolute atomic E-state index is 13.0. The number of aliphatic hydroxyl groups excluding tert-OH is 1. The Morgan fingerprint density at radius 2 is 1.83 bits per heavy atom. The molecule has 3 aromatic rings. The Morgan fingerprint density at radius 3 is 2.53 bits per heavy atom. The molecular weight excluding hydrogens is 389 g/mol. The Hall–Kier alpha value is -3.94. The van der Waals surface area contributed by atoms with E-state index >= 15 is 0 Å². The molecule has 4 rings (SSSR count). The van der Waals surface area contributed by atoms with Crippen LogP contribution in [0, 0.1) is 5.82 Å². The summed E-state index contributed by atoms with van der Waals surface area (Å²) >= 11 is 0. The highest BCUT2D eigenvalue weighted by molar-refractivity contribution is 6.14. The zero-order chi connectivity index (χ0) is 21.1. The lowest BCUT2D eigenvalue weighted by Crippen LogP contribution is -2.26. The minimum Gasteiger partial charge on any atom is -0.503 e. The highest BCUT2D eigenvalue weighted by Crippen LogP contribution is 2.31. The lowest BCUT2D eigenvalue weighted by atomic mass is 10.2. The van der Waals surface area contributed by atoms with E-state index in [0.717, 1.165) is 5.56 Å². The van der Waals surface area contributed by atoms with Gasteiger partial charge in [-0.2, -0.15) is 0 Å². The summed E-state index contributed by atoms with van der Waals surface area (Å²) in [6.07, 6.45) is 1.30. The van der Waals surface area contributed by atoms with Gasteiger partial charge in [0, 0.05) is 17.3 Å². The van der Waals surface area contributed by atoms with Crippen LogP contribution in [0.4, 0.5) is 10.1 Å². The van der Waals surface area contributed by atoms with Gasteiger partial charge in [-0.05, 0) is 42.0 Å². The summed E-state index contributed by atoms with van der Waals surface area (Å²) in [5, 5.41) is 10.4. The second-order valence-corrected chi connectivity index (χ2v) is 6.57. The third-order valence-corrected chi connectivity index (χ3v) is 4.69. The zero-order valence-electron chi connectivity index (χ0n) is 16.1. The molecule has 1 N–H and O–H groups in total. The number of amides is 1. The zero-order valence-corrected chi connectivity index (χ0v) is 16.1. The quantitative estimate of drug-likeness (QED) is 0.673. The van der Waals surface area contributed by atoms with Gasteiger partial charge >= 0.3 is 0 Å². The molecule has 0 spiro atoms. The molecule has 1 aliphatic heterocycles. The molecule has 0 aliphatic carbocycles. The van der Waals surface area contributed by atoms with Gasteiger partial charge in [0.2, 0.25) is 5.88 Å². The van der Waals surface area contributed by atoms with Crippen LogP contribution in [-0.2, 0) is 11.4 Å². The lowest BCUT2D eigenvalue weighted by Gasteiger charge is -2.16. The molecule has 7 nitrogen and oxygen atoms in total. The lowest BCUT2D eigenvalue weighted by molar-refractivity contribution is -0.116. The summed E-state index contributed by atoms with van der Waals surface area (Å²) in [5.74, 6) is -0.254. The smallest absolute Gasteiger partial charge is 0.293 e. The second-order valence-electron chi connectivity index (χ2n) is 6.57. The standard InChI is InChI=1S/C22H18FN3O4/c1-29-17-8-6-16(7-9-17)26-11-18(21(27)22(26)28)19-10-20(25-13-24-19)30-12-14-2-4-15(23)5-3-14/h2-10,13,27H,11-12H2,1H3. The molecule has 152 valence electrons. The summed E-state index contributed by atoms with van der Waals surface area (Å²) in [5.41, 5.74) is 2.18. The summed E-state index contributed by atoms with van der Waals surface area (Å²) in [7, 11) is 1.56. The number of carbonyl (C=O) groups is 1. The molecule has 0 atom stereocenters. The average Bonchev–Trinajstić information content (AvgIpc) is 3.08. The van der Waals surface area contributed by atoms with Gasteiger partial charge in [-0.3, -0.25) is 4.79 Å². The first kappa shape index (κ1) is 19.4. The van der Waals surface area contributed by atoms with Crippen LogP contribution in [0.15, 0.2) is 66.7 Å². The number of aromatic nitrogens is 2. The molecule has 0 radical (unpaired) electrons. The van der Waals surface area contributed by atoms with Gasteiger partial charge in [0.15, 0.2) is 5.76 Å². The van der Waals surface area contributed by atoms with Crippen LogP contribution < -0.4 is 14.4 Å². The molecule has 0 unspecified atom stereocenters. The van der Waals surface area contributed by atoms with Crippen LogP contribution in [-0.4, -0.2) is 34.6 Å². The van der Waals surface area contributed by atoms with Gasteiger partial charge in [0.25, 0.3) is 5.91 Å². The number of anilines is 1. The number of aliphatic hydroxyl groups is 1. The van der Waals surface area contributed by atoms with Crippen molar-refractivity contribution in [3.8, 4) is 11.6 Å². The van der Waals surface area contributed by atoms with Crippen molar-refractivity contribution in [1.82, 2.24) is 9.97 Å². The van der Waals surface area contributed by atoms with E-state index in [1.165, 1.54) is 23.4 Å². The summed E-state index contributed by atoms with van der Waals surface area (Å²) < 4.78 is 23.8. The Morgan fingerprint density at radius 1 is 1.10 bits per heavy atom. The largest absolute Gasteiger partial charge is 0.503 e. The molecule has 2 aromatic carbocycles. The summed E-state index contributed by atoms with van der Waals surface area (Å²) in [4.78, 5) is 22.2. The van der Waals surface area contributed by atoms with Crippen molar-refractivity contribution in [2.24, 2.45) is 0 Å². The van der Waals surface area contributed by atoms with Gasteiger partial charge in [-0.15, -0.1) is 0 Å². The van der Waals surface area contributed by atoms with Crippen molar-refractivity contribution in [1.29, 1.82) is 0 Å². The van der Waals surface area contributed by atoms with E-state index in [1.807, 2.05) is 0 Å². The number of methoxy groups -OCH3 is 1. The normalized spacial score (nSPS) is 13.7. The van der Waals surface area contributed by atoms with Crippen LogP contribution in [0.5, 0.6) is 11.6 Å². The maximum atomic E-state index is 13.0. The van der Waals surface area contributed by atoms with E-state index in [1.54, 1.807) is 49.6 Å². The summed E-state index contributed by atoms with van der Waals surface area (Å²) in [6.45, 7) is 0.351. The molecule has 2 heterocycles. The number of rotatable bonds is 6. The van der Waals surface area contributed by atoms with Gasteiger partial charge in [0.1, 0.15) is 24.5 Å². The molecule has 0 bridgehead atoms. The van der Waals surface area contributed by atoms with E-state index < -0.39 is 5.91 Å². The van der Waals surface area contributed by atoms with Gasteiger partial charge < -0.3 is 19.5 Å². The van der Waals surface area contributed by atoms with Crippen molar-refractivity contribution in [2.45, 2.75) is 6.61 Å². The van der Waals surface area contributed by atoms with Crippen LogP contribution >= 0.6 is 0 Å². The predicted molar refractivity (Wildman–Crippen MR) is 108 cm³/mol. The number of hydrogen-bond donors (Lipinski definition) is 1.